The molecule has 0 spiro atoms. The first-order valence-corrected chi connectivity index (χ1v) is 5.33. The van der Waals surface area contributed by atoms with E-state index >= 15 is 0 Å². The fourth-order valence-electron chi connectivity index (χ4n) is 1.82. The lowest BCUT2D eigenvalue weighted by atomic mass is 10.0. The summed E-state index contributed by atoms with van der Waals surface area (Å²) in [6.45, 7) is 0. The molecule has 0 amide bonds. The molecule has 1 aromatic carbocycles. The number of nitrogens with one attached hydrogen (secondary N) is 1. The van der Waals surface area contributed by atoms with Gasteiger partial charge in [0.15, 0.2) is 0 Å². The zero-order valence-corrected chi connectivity index (χ0v) is 9.92. The van der Waals surface area contributed by atoms with Crippen LogP contribution < -0.4 is 16.0 Å². The van der Waals surface area contributed by atoms with Gasteiger partial charge in [0.25, 0.3) is 0 Å². The molecule has 2 rings (SSSR count). The maximum Gasteiger partial charge on any atom is 0.124 e. The van der Waals surface area contributed by atoms with Gasteiger partial charge in [0, 0.05) is 18.8 Å². The highest BCUT2D eigenvalue weighted by Gasteiger charge is 2.18. The third-order valence-electron chi connectivity index (χ3n) is 2.64. The molecule has 90 valence electrons. The Kier molecular flexibility index (Phi) is 3.41. The quantitative estimate of drug-likeness (QED) is 0.609. The average molecular weight is 232 g/mol. The number of rotatable bonds is 4. The molecular formula is C12H16N4O. The highest BCUT2D eigenvalue weighted by atomic mass is 16.5. The summed E-state index contributed by atoms with van der Waals surface area (Å²) in [6, 6.07) is 7.58. The summed E-state index contributed by atoms with van der Waals surface area (Å²) >= 11 is 0. The lowest BCUT2D eigenvalue weighted by Gasteiger charge is -2.17. The van der Waals surface area contributed by atoms with Gasteiger partial charge in [-0.3, -0.25) is 5.84 Å². The molecule has 0 radical (unpaired) electrons. The third-order valence-corrected chi connectivity index (χ3v) is 2.64. The third kappa shape index (κ3) is 2.30. The van der Waals surface area contributed by atoms with Crippen LogP contribution in [0, 0.1) is 0 Å². The number of aryl methyl sites for hydroxylation is 1. The molecule has 0 aliphatic rings. The highest BCUT2D eigenvalue weighted by Crippen LogP contribution is 2.28. The van der Waals surface area contributed by atoms with Gasteiger partial charge in [-0.2, -0.15) is 0 Å². The summed E-state index contributed by atoms with van der Waals surface area (Å²) in [5, 5.41) is 0. The maximum absolute atomic E-state index is 5.61. The predicted octanol–water partition coefficient (Wildman–Crippen LogP) is 0.981. The highest BCUT2D eigenvalue weighted by molar-refractivity contribution is 5.39. The van der Waals surface area contributed by atoms with Crippen molar-refractivity contribution in [3.63, 3.8) is 0 Å². The second kappa shape index (κ2) is 4.99. The molecule has 5 nitrogen and oxygen atoms in total. The molecular weight excluding hydrogens is 216 g/mol. The molecule has 0 saturated carbocycles. The van der Waals surface area contributed by atoms with Gasteiger partial charge in [-0.1, -0.05) is 18.2 Å². The number of nitrogens with zero attached hydrogens (tertiary/aromatic N) is 2. The Morgan fingerprint density at radius 1 is 1.41 bits per heavy atom. The molecule has 3 N–H and O–H groups in total. The fourth-order valence-corrected chi connectivity index (χ4v) is 1.82. The lowest BCUT2D eigenvalue weighted by Crippen LogP contribution is -2.29. The molecule has 5 heteroatoms. The SMILES string of the molecule is COc1ccccc1C(NN)c1cn(C)cn1. The van der Waals surface area contributed by atoms with Gasteiger partial charge in [-0.15, -0.1) is 0 Å². The predicted molar refractivity (Wildman–Crippen MR) is 65.4 cm³/mol. The summed E-state index contributed by atoms with van der Waals surface area (Å²) in [4.78, 5) is 4.30. The van der Waals surface area contributed by atoms with E-state index in [1.807, 2.05) is 42.1 Å². The van der Waals surface area contributed by atoms with E-state index in [1.165, 1.54) is 0 Å². The number of methoxy groups -OCH3 is 1. The second-order valence-corrected chi connectivity index (χ2v) is 3.81. The summed E-state index contributed by atoms with van der Waals surface area (Å²) in [7, 11) is 3.57. The standard InChI is InChI=1S/C12H16N4O/c1-16-7-10(14-8-16)12(15-13)9-5-3-4-6-11(9)17-2/h3-8,12,15H,13H2,1-2H3. The fraction of sp³-hybridized carbons (Fsp3) is 0.250. The maximum atomic E-state index is 5.61. The smallest absolute Gasteiger partial charge is 0.124 e. The van der Waals surface area contributed by atoms with Crippen LogP contribution in [0.1, 0.15) is 17.3 Å². The Labute approximate surface area is 100 Å². The lowest BCUT2D eigenvalue weighted by molar-refractivity contribution is 0.404. The van der Waals surface area contributed by atoms with E-state index in [9.17, 15) is 0 Å². The number of hydrogen-bond donors (Lipinski definition) is 2. The second-order valence-electron chi connectivity index (χ2n) is 3.81. The zero-order valence-electron chi connectivity index (χ0n) is 9.92. The molecule has 0 aliphatic heterocycles. The minimum atomic E-state index is -0.174. The molecule has 1 aromatic heterocycles. The van der Waals surface area contributed by atoms with Gasteiger partial charge in [0.2, 0.25) is 0 Å². The number of hydrogen-bond acceptors (Lipinski definition) is 4. The van der Waals surface area contributed by atoms with Crippen molar-refractivity contribution >= 4 is 0 Å². The molecule has 2 aromatic rings. The summed E-state index contributed by atoms with van der Waals surface area (Å²) in [5.41, 5.74) is 4.60. The molecule has 1 heterocycles. The Bertz CT molecular complexity index is 495. The van der Waals surface area contributed by atoms with Crippen LogP contribution in [0.3, 0.4) is 0 Å². The van der Waals surface area contributed by atoms with Gasteiger partial charge in [-0.25, -0.2) is 10.4 Å². The number of imidazole rings is 1. The molecule has 0 saturated heterocycles. The van der Waals surface area contributed by atoms with E-state index in [0.29, 0.717) is 0 Å². The summed E-state index contributed by atoms with van der Waals surface area (Å²) in [6.07, 6.45) is 3.67. The molecule has 0 bridgehead atoms. The van der Waals surface area contributed by atoms with Crippen LogP contribution in [0.2, 0.25) is 0 Å². The molecule has 1 atom stereocenters. The number of benzene rings is 1. The Morgan fingerprint density at radius 3 is 2.76 bits per heavy atom. The Hall–Kier alpha value is -1.85. The van der Waals surface area contributed by atoms with Crippen LogP contribution in [0.25, 0.3) is 0 Å². The van der Waals surface area contributed by atoms with E-state index in [-0.39, 0.29) is 6.04 Å². The monoisotopic (exact) mass is 232 g/mol. The van der Waals surface area contributed by atoms with Crippen molar-refractivity contribution in [2.45, 2.75) is 6.04 Å². The average Bonchev–Trinajstić information content (AvgIpc) is 2.77. The number of aromatic nitrogens is 2. The van der Waals surface area contributed by atoms with Crippen LogP contribution in [0.15, 0.2) is 36.8 Å². The van der Waals surface area contributed by atoms with Gasteiger partial charge in [0.1, 0.15) is 5.75 Å². The molecule has 1 unspecified atom stereocenters. The Balaban J connectivity index is 2.41. The minimum absolute atomic E-state index is 0.174. The van der Waals surface area contributed by atoms with Crippen LogP contribution in [0.5, 0.6) is 5.75 Å². The number of nitrogens with two attached hydrogens (primary N) is 1. The Morgan fingerprint density at radius 2 is 2.18 bits per heavy atom. The largest absolute Gasteiger partial charge is 0.496 e. The van der Waals surface area contributed by atoms with Crippen LogP contribution >= 0.6 is 0 Å². The topological polar surface area (TPSA) is 65.1 Å². The van der Waals surface area contributed by atoms with E-state index in [0.717, 1.165) is 17.0 Å². The van der Waals surface area contributed by atoms with Crippen molar-refractivity contribution in [1.29, 1.82) is 0 Å². The van der Waals surface area contributed by atoms with Crippen LogP contribution in [0.4, 0.5) is 0 Å². The van der Waals surface area contributed by atoms with Crippen molar-refractivity contribution in [2.75, 3.05) is 7.11 Å². The molecule has 17 heavy (non-hydrogen) atoms. The van der Waals surface area contributed by atoms with Crippen molar-refractivity contribution in [2.24, 2.45) is 12.9 Å². The van der Waals surface area contributed by atoms with E-state index in [1.54, 1.807) is 13.4 Å². The number of ether oxygens (including phenoxy) is 1. The first-order valence-electron chi connectivity index (χ1n) is 5.33. The van der Waals surface area contributed by atoms with Crippen LogP contribution in [-0.4, -0.2) is 16.7 Å². The van der Waals surface area contributed by atoms with Gasteiger partial charge in [-0.05, 0) is 6.07 Å². The zero-order chi connectivity index (χ0) is 12.3. The van der Waals surface area contributed by atoms with Gasteiger partial charge >= 0.3 is 0 Å². The molecule has 0 aliphatic carbocycles. The number of hydrazine groups is 1. The first kappa shape index (κ1) is 11.6. The normalized spacial score (nSPS) is 12.4. The van der Waals surface area contributed by atoms with Crippen molar-refractivity contribution in [1.82, 2.24) is 15.0 Å². The van der Waals surface area contributed by atoms with Crippen molar-refractivity contribution < 1.29 is 4.74 Å². The van der Waals surface area contributed by atoms with Gasteiger partial charge in [0.05, 0.1) is 25.2 Å². The molecule has 0 fully saturated rings. The summed E-state index contributed by atoms with van der Waals surface area (Å²) < 4.78 is 7.21. The van der Waals surface area contributed by atoms with Crippen molar-refractivity contribution in [3.05, 3.63) is 48.0 Å². The van der Waals surface area contributed by atoms with E-state index < -0.39 is 0 Å². The van der Waals surface area contributed by atoms with Gasteiger partial charge < -0.3 is 9.30 Å². The van der Waals surface area contributed by atoms with Crippen LogP contribution in [-0.2, 0) is 7.05 Å². The minimum Gasteiger partial charge on any atom is -0.496 e. The first-order chi connectivity index (χ1) is 8.26. The summed E-state index contributed by atoms with van der Waals surface area (Å²) in [5.74, 6) is 6.41. The number of para-hydroxylation sites is 1. The van der Waals surface area contributed by atoms with E-state index in [2.05, 4.69) is 10.4 Å². The van der Waals surface area contributed by atoms with Crippen molar-refractivity contribution in [3.8, 4) is 5.75 Å². The van der Waals surface area contributed by atoms with E-state index in [4.69, 9.17) is 10.6 Å².